The van der Waals surface area contributed by atoms with Crippen molar-refractivity contribution in [3.8, 4) is 5.75 Å². The molecule has 0 amide bonds. The van der Waals surface area contributed by atoms with Gasteiger partial charge in [-0.25, -0.2) is 5.43 Å². The molecule has 0 unspecified atom stereocenters. The van der Waals surface area contributed by atoms with Gasteiger partial charge in [0.05, 0.1) is 0 Å². The fraction of sp³-hybridized carbons (Fsp3) is 0.143. The summed E-state index contributed by atoms with van der Waals surface area (Å²) in [6, 6.07) is 26.6. The van der Waals surface area contributed by atoms with Gasteiger partial charge in [0.2, 0.25) is 0 Å². The molecule has 0 bridgehead atoms. The minimum Gasteiger partial charge on any atom is -0.489 e. The van der Waals surface area contributed by atoms with E-state index in [9.17, 15) is 0 Å². The molecular formula is C21H22N2O. The average Bonchev–Trinajstić information content (AvgIpc) is 2.62. The van der Waals surface area contributed by atoms with Crippen LogP contribution in [0, 0.1) is 6.92 Å². The summed E-state index contributed by atoms with van der Waals surface area (Å²) in [7, 11) is 0. The summed E-state index contributed by atoms with van der Waals surface area (Å²) in [6.45, 7) is 3.35. The monoisotopic (exact) mass is 318 g/mol. The van der Waals surface area contributed by atoms with E-state index in [2.05, 4.69) is 48.1 Å². The highest BCUT2D eigenvalue weighted by atomic mass is 16.5. The number of benzene rings is 3. The van der Waals surface area contributed by atoms with Gasteiger partial charge in [0, 0.05) is 17.8 Å². The van der Waals surface area contributed by atoms with E-state index in [1.165, 1.54) is 11.1 Å². The Morgan fingerprint density at radius 1 is 0.833 bits per heavy atom. The zero-order chi connectivity index (χ0) is 16.6. The van der Waals surface area contributed by atoms with Crippen molar-refractivity contribution in [2.45, 2.75) is 20.1 Å². The Balaban J connectivity index is 1.58. The first-order valence-electron chi connectivity index (χ1n) is 8.11. The molecule has 0 aliphatic rings. The molecule has 2 N–H and O–H groups in total. The zero-order valence-corrected chi connectivity index (χ0v) is 13.8. The van der Waals surface area contributed by atoms with Crippen molar-refractivity contribution in [1.82, 2.24) is 5.43 Å². The second-order valence-electron chi connectivity index (χ2n) is 5.73. The molecule has 0 atom stereocenters. The smallest absolute Gasteiger partial charge is 0.124 e. The topological polar surface area (TPSA) is 33.3 Å². The molecule has 0 spiro atoms. The molecule has 0 saturated carbocycles. The lowest BCUT2D eigenvalue weighted by atomic mass is 10.1. The number of hydrazine groups is 1. The van der Waals surface area contributed by atoms with Gasteiger partial charge in [0.25, 0.3) is 0 Å². The molecule has 0 aromatic heterocycles. The van der Waals surface area contributed by atoms with E-state index in [0.29, 0.717) is 13.2 Å². The Bertz CT molecular complexity index is 772. The van der Waals surface area contributed by atoms with Crippen LogP contribution in [0.2, 0.25) is 0 Å². The quantitative estimate of drug-likeness (QED) is 0.620. The van der Waals surface area contributed by atoms with Crippen molar-refractivity contribution in [2.24, 2.45) is 0 Å². The second-order valence-corrected chi connectivity index (χ2v) is 5.73. The van der Waals surface area contributed by atoms with Gasteiger partial charge >= 0.3 is 0 Å². The molecular weight excluding hydrogens is 296 g/mol. The maximum Gasteiger partial charge on any atom is 0.124 e. The van der Waals surface area contributed by atoms with Crippen LogP contribution in [0.15, 0.2) is 78.9 Å². The number of hydrogen-bond acceptors (Lipinski definition) is 3. The van der Waals surface area contributed by atoms with Crippen LogP contribution in [0.4, 0.5) is 5.69 Å². The van der Waals surface area contributed by atoms with E-state index >= 15 is 0 Å². The third-order valence-electron chi connectivity index (χ3n) is 3.73. The Morgan fingerprint density at radius 2 is 1.62 bits per heavy atom. The molecule has 24 heavy (non-hydrogen) atoms. The number of anilines is 1. The Morgan fingerprint density at radius 3 is 2.46 bits per heavy atom. The normalized spacial score (nSPS) is 10.4. The maximum atomic E-state index is 6.01. The number of ether oxygens (including phenoxy) is 1. The number of nitrogens with one attached hydrogen (secondary N) is 2. The Kier molecular flexibility index (Phi) is 5.48. The van der Waals surface area contributed by atoms with E-state index in [-0.39, 0.29) is 0 Å². The van der Waals surface area contributed by atoms with Gasteiger partial charge in [-0.15, -0.1) is 0 Å². The zero-order valence-electron chi connectivity index (χ0n) is 13.8. The molecule has 0 aliphatic carbocycles. The molecule has 3 heteroatoms. The van der Waals surface area contributed by atoms with Crippen LogP contribution in [0.1, 0.15) is 16.7 Å². The van der Waals surface area contributed by atoms with Gasteiger partial charge < -0.3 is 10.2 Å². The van der Waals surface area contributed by atoms with Gasteiger partial charge in [-0.05, 0) is 30.7 Å². The molecule has 0 fully saturated rings. The van der Waals surface area contributed by atoms with Gasteiger partial charge in [0.1, 0.15) is 12.4 Å². The predicted molar refractivity (Wildman–Crippen MR) is 98.9 cm³/mol. The SMILES string of the molecule is Cc1cccc(COc2ccccc2CNNc2ccccc2)c1. The molecule has 3 aromatic rings. The summed E-state index contributed by atoms with van der Waals surface area (Å²) in [6.07, 6.45) is 0. The maximum absolute atomic E-state index is 6.01. The van der Waals surface area contributed by atoms with Crippen LogP contribution in [-0.2, 0) is 13.2 Å². The fourth-order valence-corrected chi connectivity index (χ4v) is 2.52. The van der Waals surface area contributed by atoms with Crippen LogP contribution >= 0.6 is 0 Å². The summed E-state index contributed by atoms with van der Waals surface area (Å²) in [5.74, 6) is 0.904. The van der Waals surface area contributed by atoms with E-state index in [4.69, 9.17) is 4.74 Å². The highest BCUT2D eigenvalue weighted by Gasteiger charge is 2.03. The van der Waals surface area contributed by atoms with E-state index in [1.807, 2.05) is 48.5 Å². The Labute approximate surface area is 143 Å². The van der Waals surface area contributed by atoms with Gasteiger partial charge in [-0.1, -0.05) is 66.2 Å². The lowest BCUT2D eigenvalue weighted by molar-refractivity contribution is 0.302. The third-order valence-corrected chi connectivity index (χ3v) is 3.73. The summed E-state index contributed by atoms with van der Waals surface area (Å²) in [4.78, 5) is 0. The summed E-state index contributed by atoms with van der Waals surface area (Å²) >= 11 is 0. The van der Waals surface area contributed by atoms with Crippen LogP contribution in [-0.4, -0.2) is 0 Å². The van der Waals surface area contributed by atoms with Crippen molar-refractivity contribution in [3.05, 3.63) is 95.6 Å². The lowest BCUT2D eigenvalue weighted by Crippen LogP contribution is -2.21. The molecule has 0 radical (unpaired) electrons. The van der Waals surface area contributed by atoms with Gasteiger partial charge in [-0.2, -0.15) is 0 Å². The van der Waals surface area contributed by atoms with Gasteiger partial charge in [-0.3, -0.25) is 0 Å². The first-order chi connectivity index (χ1) is 11.8. The van der Waals surface area contributed by atoms with E-state index in [1.54, 1.807) is 0 Å². The number of rotatable bonds is 7. The fourth-order valence-electron chi connectivity index (χ4n) is 2.52. The molecule has 3 aromatic carbocycles. The number of hydrogen-bond donors (Lipinski definition) is 2. The molecule has 0 saturated heterocycles. The standard InChI is InChI=1S/C21H22N2O/c1-17-8-7-9-18(14-17)16-24-21-13-6-5-10-19(21)15-22-23-20-11-3-2-4-12-20/h2-14,22-23H,15-16H2,1H3. The molecule has 3 nitrogen and oxygen atoms in total. The first kappa shape index (κ1) is 16.1. The van der Waals surface area contributed by atoms with Crippen molar-refractivity contribution in [1.29, 1.82) is 0 Å². The van der Waals surface area contributed by atoms with Gasteiger partial charge in [0.15, 0.2) is 0 Å². The third kappa shape index (κ3) is 4.61. The van der Waals surface area contributed by atoms with E-state index < -0.39 is 0 Å². The van der Waals surface area contributed by atoms with Crippen molar-refractivity contribution >= 4 is 5.69 Å². The molecule has 0 aliphatic heterocycles. The predicted octanol–water partition coefficient (Wildman–Crippen LogP) is 4.69. The highest BCUT2D eigenvalue weighted by molar-refractivity contribution is 5.41. The van der Waals surface area contributed by atoms with E-state index in [0.717, 1.165) is 17.0 Å². The Hall–Kier alpha value is -2.78. The number of aryl methyl sites for hydroxylation is 1. The van der Waals surface area contributed by atoms with Crippen molar-refractivity contribution in [3.63, 3.8) is 0 Å². The highest BCUT2D eigenvalue weighted by Crippen LogP contribution is 2.19. The number of para-hydroxylation sites is 2. The summed E-state index contributed by atoms with van der Waals surface area (Å²) in [5.41, 5.74) is 11.0. The molecule has 3 rings (SSSR count). The van der Waals surface area contributed by atoms with Crippen LogP contribution in [0.25, 0.3) is 0 Å². The van der Waals surface area contributed by atoms with Crippen LogP contribution < -0.4 is 15.6 Å². The summed E-state index contributed by atoms with van der Waals surface area (Å²) < 4.78 is 6.01. The first-order valence-corrected chi connectivity index (χ1v) is 8.11. The minimum atomic E-state index is 0.574. The van der Waals surface area contributed by atoms with Crippen molar-refractivity contribution < 1.29 is 4.74 Å². The summed E-state index contributed by atoms with van der Waals surface area (Å²) in [5, 5.41) is 0. The largest absolute Gasteiger partial charge is 0.489 e. The van der Waals surface area contributed by atoms with Crippen LogP contribution in [0.3, 0.4) is 0 Å². The molecule has 122 valence electrons. The second kappa shape index (κ2) is 8.18. The average molecular weight is 318 g/mol. The minimum absolute atomic E-state index is 0.574. The lowest BCUT2D eigenvalue weighted by Gasteiger charge is -2.13. The molecule has 0 heterocycles. The van der Waals surface area contributed by atoms with Crippen molar-refractivity contribution in [2.75, 3.05) is 5.43 Å². The van der Waals surface area contributed by atoms with Crippen LogP contribution in [0.5, 0.6) is 5.75 Å².